The fourth-order valence-electron chi connectivity index (χ4n) is 2.03. The molecule has 0 spiro atoms. The van der Waals surface area contributed by atoms with Crippen LogP contribution in [0.25, 0.3) is 11.1 Å². The molecule has 0 radical (unpaired) electrons. The summed E-state index contributed by atoms with van der Waals surface area (Å²) in [6, 6.07) is 7.86. The van der Waals surface area contributed by atoms with Crippen molar-refractivity contribution in [2.75, 3.05) is 22.9 Å². The Balaban J connectivity index is 2.92. The average molecular weight is 282 g/mol. The van der Waals surface area contributed by atoms with E-state index >= 15 is 0 Å². The molecule has 8 N–H and O–H groups in total. The van der Waals surface area contributed by atoms with Gasteiger partial charge in [0.2, 0.25) is 0 Å². The summed E-state index contributed by atoms with van der Waals surface area (Å²) in [5.41, 5.74) is 20.0. The molecule has 0 saturated heterocycles. The van der Waals surface area contributed by atoms with E-state index in [9.17, 15) is 13.2 Å². The van der Waals surface area contributed by atoms with E-state index in [1.54, 1.807) is 18.2 Å². The van der Waals surface area contributed by atoms with Gasteiger partial charge in [0.1, 0.15) is 0 Å². The maximum atomic E-state index is 13.3. The van der Waals surface area contributed by atoms with E-state index < -0.39 is 17.4 Å². The van der Waals surface area contributed by atoms with Crippen LogP contribution in [0.1, 0.15) is 5.56 Å². The highest BCUT2D eigenvalue weighted by Gasteiger charge is 2.39. The third kappa shape index (κ3) is 2.07. The highest BCUT2D eigenvalue weighted by Crippen LogP contribution is 2.48. The molecule has 0 atom stereocenters. The van der Waals surface area contributed by atoms with Gasteiger partial charge in [0.25, 0.3) is 0 Å². The quantitative estimate of drug-likeness (QED) is 0.603. The second-order valence-corrected chi connectivity index (χ2v) is 4.27. The Kier molecular flexibility index (Phi) is 3.13. The van der Waals surface area contributed by atoms with Crippen LogP contribution in [-0.2, 0) is 6.18 Å². The zero-order valence-corrected chi connectivity index (χ0v) is 10.3. The Morgan fingerprint density at radius 2 is 1.20 bits per heavy atom. The van der Waals surface area contributed by atoms with Gasteiger partial charge in [-0.3, -0.25) is 0 Å². The number of hydrogen-bond acceptors (Lipinski definition) is 4. The van der Waals surface area contributed by atoms with E-state index in [0.29, 0.717) is 0 Å². The summed E-state index contributed by atoms with van der Waals surface area (Å²) in [7, 11) is 0. The lowest BCUT2D eigenvalue weighted by molar-refractivity contribution is -0.136. The van der Waals surface area contributed by atoms with Crippen LogP contribution in [0.5, 0.6) is 0 Å². The van der Waals surface area contributed by atoms with E-state index in [1.807, 2.05) is 0 Å². The van der Waals surface area contributed by atoms with Crippen molar-refractivity contribution >= 4 is 22.7 Å². The Morgan fingerprint density at radius 1 is 0.700 bits per heavy atom. The first kappa shape index (κ1) is 13.9. The van der Waals surface area contributed by atoms with Gasteiger partial charge in [-0.2, -0.15) is 13.2 Å². The van der Waals surface area contributed by atoms with Crippen LogP contribution >= 0.6 is 0 Å². The van der Waals surface area contributed by atoms with Crippen LogP contribution in [0.3, 0.4) is 0 Å². The fourth-order valence-corrected chi connectivity index (χ4v) is 2.03. The van der Waals surface area contributed by atoms with Gasteiger partial charge in [-0.15, -0.1) is 0 Å². The smallest absolute Gasteiger partial charge is 0.396 e. The topological polar surface area (TPSA) is 104 Å². The second kappa shape index (κ2) is 4.52. The minimum atomic E-state index is -4.69. The molecular formula is C13H13F3N4. The van der Waals surface area contributed by atoms with E-state index in [0.717, 1.165) is 0 Å². The summed E-state index contributed by atoms with van der Waals surface area (Å²) < 4.78 is 39.8. The summed E-state index contributed by atoms with van der Waals surface area (Å²) >= 11 is 0. The maximum absolute atomic E-state index is 13.3. The molecule has 2 aromatic rings. The number of rotatable bonds is 1. The molecule has 0 aliphatic carbocycles. The predicted molar refractivity (Wildman–Crippen MR) is 74.5 cm³/mol. The van der Waals surface area contributed by atoms with E-state index in [4.69, 9.17) is 22.9 Å². The van der Waals surface area contributed by atoms with Crippen LogP contribution in [0.2, 0.25) is 0 Å². The van der Waals surface area contributed by atoms with Gasteiger partial charge in [-0.05, 0) is 5.56 Å². The Labute approximate surface area is 113 Å². The molecule has 0 bridgehead atoms. The molecule has 0 unspecified atom stereocenters. The number of nitrogen functional groups attached to an aromatic ring is 4. The van der Waals surface area contributed by atoms with E-state index in [-0.39, 0.29) is 28.2 Å². The molecule has 4 nitrogen and oxygen atoms in total. The van der Waals surface area contributed by atoms with E-state index in [2.05, 4.69) is 0 Å². The monoisotopic (exact) mass is 282 g/mol. The second-order valence-electron chi connectivity index (χ2n) is 4.27. The molecule has 0 fully saturated rings. The van der Waals surface area contributed by atoms with Crippen LogP contribution in [0, 0.1) is 0 Å². The van der Waals surface area contributed by atoms with Gasteiger partial charge in [0, 0.05) is 5.56 Å². The van der Waals surface area contributed by atoms with Gasteiger partial charge in [-0.1, -0.05) is 30.3 Å². The van der Waals surface area contributed by atoms with Crippen molar-refractivity contribution in [1.82, 2.24) is 0 Å². The minimum absolute atomic E-state index is 0.144. The Morgan fingerprint density at radius 3 is 1.70 bits per heavy atom. The van der Waals surface area contributed by atoms with Gasteiger partial charge in [0.05, 0.1) is 28.3 Å². The number of nitrogens with two attached hydrogens (primary N) is 4. The summed E-state index contributed by atoms with van der Waals surface area (Å²) in [4.78, 5) is 0. The zero-order valence-electron chi connectivity index (χ0n) is 10.3. The predicted octanol–water partition coefficient (Wildman–Crippen LogP) is 2.70. The van der Waals surface area contributed by atoms with Gasteiger partial charge in [0.15, 0.2) is 0 Å². The Hall–Kier alpha value is -2.57. The number of alkyl halides is 3. The Bertz CT molecular complexity index is 651. The standard InChI is InChI=1S/C13H13F3N4/c14-13(15,16)8-7(6-4-2-1-3-5-6)9(17)11(19)12(20)10(8)18/h1-5H,17-20H2. The summed E-state index contributed by atoms with van der Waals surface area (Å²) in [5, 5.41) is 0. The first-order valence-electron chi connectivity index (χ1n) is 5.63. The van der Waals surface area contributed by atoms with Crippen LogP contribution in [0.4, 0.5) is 35.9 Å². The van der Waals surface area contributed by atoms with Crippen molar-refractivity contribution in [3.05, 3.63) is 35.9 Å². The fraction of sp³-hybridized carbons (Fsp3) is 0.0769. The van der Waals surface area contributed by atoms with Gasteiger partial charge >= 0.3 is 6.18 Å². The maximum Gasteiger partial charge on any atom is 0.419 e. The van der Waals surface area contributed by atoms with Crippen LogP contribution in [-0.4, -0.2) is 0 Å². The van der Waals surface area contributed by atoms with Crippen molar-refractivity contribution in [2.45, 2.75) is 6.18 Å². The molecule has 0 saturated carbocycles. The lowest BCUT2D eigenvalue weighted by Crippen LogP contribution is -2.16. The molecule has 2 aromatic carbocycles. The zero-order chi connectivity index (χ0) is 15.1. The number of anilines is 4. The molecule has 20 heavy (non-hydrogen) atoms. The summed E-state index contributed by atoms with van der Waals surface area (Å²) in [5.74, 6) is 0. The van der Waals surface area contributed by atoms with Crippen molar-refractivity contribution in [2.24, 2.45) is 0 Å². The summed E-state index contributed by atoms with van der Waals surface area (Å²) in [6.07, 6.45) is -4.69. The molecule has 0 aromatic heterocycles. The third-order valence-corrected chi connectivity index (χ3v) is 3.01. The minimum Gasteiger partial charge on any atom is -0.396 e. The lowest BCUT2D eigenvalue weighted by Gasteiger charge is -2.21. The van der Waals surface area contributed by atoms with Crippen molar-refractivity contribution in [1.29, 1.82) is 0 Å². The first-order valence-corrected chi connectivity index (χ1v) is 5.63. The van der Waals surface area contributed by atoms with Crippen molar-refractivity contribution in [3.63, 3.8) is 0 Å². The highest BCUT2D eigenvalue weighted by molar-refractivity contribution is 5.99. The molecule has 0 amide bonds. The SMILES string of the molecule is Nc1c(N)c(N)c(C(F)(F)F)c(-c2ccccc2)c1N. The first-order chi connectivity index (χ1) is 9.25. The molecule has 2 rings (SSSR count). The third-order valence-electron chi connectivity index (χ3n) is 3.01. The van der Waals surface area contributed by atoms with Crippen LogP contribution < -0.4 is 22.9 Å². The average Bonchev–Trinajstić information content (AvgIpc) is 2.39. The molecule has 0 aliphatic heterocycles. The molecule has 106 valence electrons. The van der Waals surface area contributed by atoms with Gasteiger partial charge in [-0.25, -0.2) is 0 Å². The molecule has 0 aliphatic rings. The lowest BCUT2D eigenvalue weighted by atomic mass is 9.94. The largest absolute Gasteiger partial charge is 0.419 e. The van der Waals surface area contributed by atoms with Crippen molar-refractivity contribution < 1.29 is 13.2 Å². The molecular weight excluding hydrogens is 269 g/mol. The normalized spacial score (nSPS) is 11.6. The van der Waals surface area contributed by atoms with Crippen molar-refractivity contribution in [3.8, 4) is 11.1 Å². The van der Waals surface area contributed by atoms with Crippen LogP contribution in [0.15, 0.2) is 30.3 Å². The molecule has 7 heteroatoms. The number of benzene rings is 2. The molecule has 0 heterocycles. The van der Waals surface area contributed by atoms with E-state index in [1.165, 1.54) is 12.1 Å². The number of hydrogen-bond donors (Lipinski definition) is 4. The highest BCUT2D eigenvalue weighted by atomic mass is 19.4. The van der Waals surface area contributed by atoms with Gasteiger partial charge < -0.3 is 22.9 Å². The number of halogens is 3. The summed E-state index contributed by atoms with van der Waals surface area (Å²) in [6.45, 7) is 0.